The standard InChI is InChI=1S/C21H24N8O2/c1-22-20(31)17-3-2-16(13-25-17)29-10-8-28(9-11-29)14-15-4-6-23-18(12-15)26-21-24-7-5-19(30)27-21/h2-7,12-13H,8-11,14H2,1H3,(H,22,31)(H2,23,24,26,27,30). The first-order valence-corrected chi connectivity index (χ1v) is 10.0. The Bertz CT molecular complexity index is 1090. The van der Waals surface area contributed by atoms with Crippen molar-refractivity contribution in [2.24, 2.45) is 0 Å². The summed E-state index contributed by atoms with van der Waals surface area (Å²) in [5.41, 5.74) is 2.35. The van der Waals surface area contributed by atoms with Gasteiger partial charge in [-0.15, -0.1) is 0 Å². The second kappa shape index (κ2) is 9.35. The number of hydrogen-bond acceptors (Lipinski definition) is 8. The number of aromatic amines is 1. The first-order chi connectivity index (χ1) is 15.1. The van der Waals surface area contributed by atoms with Gasteiger partial charge in [-0.3, -0.25) is 19.5 Å². The number of anilines is 3. The van der Waals surface area contributed by atoms with Gasteiger partial charge in [-0.05, 0) is 29.8 Å². The first kappa shape index (κ1) is 20.5. The molecule has 4 heterocycles. The van der Waals surface area contributed by atoms with Crippen molar-refractivity contribution in [1.82, 2.24) is 30.2 Å². The Morgan fingerprint density at radius 1 is 1.06 bits per heavy atom. The Hall–Kier alpha value is -3.79. The zero-order valence-corrected chi connectivity index (χ0v) is 17.2. The van der Waals surface area contributed by atoms with Gasteiger partial charge in [0, 0.05) is 58.2 Å². The topological polar surface area (TPSA) is 119 Å². The number of carbonyl (C=O) groups is 1. The molecule has 31 heavy (non-hydrogen) atoms. The molecule has 1 fully saturated rings. The molecule has 1 amide bonds. The zero-order valence-electron chi connectivity index (χ0n) is 17.2. The van der Waals surface area contributed by atoms with Gasteiger partial charge in [0.1, 0.15) is 11.5 Å². The number of aromatic nitrogens is 4. The van der Waals surface area contributed by atoms with Crippen LogP contribution in [0.5, 0.6) is 0 Å². The van der Waals surface area contributed by atoms with Gasteiger partial charge in [0.05, 0.1) is 11.9 Å². The lowest BCUT2D eigenvalue weighted by molar-refractivity contribution is 0.0958. The summed E-state index contributed by atoms with van der Waals surface area (Å²) in [6.07, 6.45) is 4.95. The Kier molecular flexibility index (Phi) is 6.18. The Balaban J connectivity index is 1.32. The average Bonchev–Trinajstić information content (AvgIpc) is 2.79. The summed E-state index contributed by atoms with van der Waals surface area (Å²) < 4.78 is 0. The number of amides is 1. The van der Waals surface area contributed by atoms with E-state index in [1.54, 1.807) is 25.5 Å². The quantitative estimate of drug-likeness (QED) is 0.540. The van der Waals surface area contributed by atoms with E-state index >= 15 is 0 Å². The molecule has 0 aliphatic carbocycles. The van der Waals surface area contributed by atoms with Crippen LogP contribution in [0.3, 0.4) is 0 Å². The summed E-state index contributed by atoms with van der Waals surface area (Å²) in [5, 5.41) is 5.61. The molecule has 0 bridgehead atoms. The maximum absolute atomic E-state index is 11.6. The number of nitrogens with one attached hydrogen (secondary N) is 3. The Labute approximate surface area is 179 Å². The van der Waals surface area contributed by atoms with Crippen LogP contribution in [0.2, 0.25) is 0 Å². The van der Waals surface area contributed by atoms with Crippen LogP contribution in [-0.4, -0.2) is 64.0 Å². The molecule has 10 heteroatoms. The zero-order chi connectivity index (χ0) is 21.6. The number of nitrogens with zero attached hydrogens (tertiary/aromatic N) is 5. The maximum atomic E-state index is 11.6. The van der Waals surface area contributed by atoms with Crippen molar-refractivity contribution in [3.63, 3.8) is 0 Å². The molecule has 10 nitrogen and oxygen atoms in total. The van der Waals surface area contributed by atoms with E-state index in [0.717, 1.165) is 44.0 Å². The van der Waals surface area contributed by atoms with Gasteiger partial charge in [-0.2, -0.15) is 0 Å². The number of pyridine rings is 2. The molecule has 1 aliphatic heterocycles. The molecule has 1 aliphatic rings. The molecular formula is C21H24N8O2. The number of hydrogen-bond donors (Lipinski definition) is 3. The summed E-state index contributed by atoms with van der Waals surface area (Å²) in [6.45, 7) is 4.39. The third-order valence-electron chi connectivity index (χ3n) is 5.09. The number of rotatable bonds is 6. The molecular weight excluding hydrogens is 396 g/mol. The Morgan fingerprint density at radius 2 is 1.87 bits per heavy atom. The SMILES string of the molecule is CNC(=O)c1ccc(N2CCN(Cc3ccnc(Nc4nccc(=O)[nH]4)c3)CC2)cn1. The highest BCUT2D eigenvalue weighted by Crippen LogP contribution is 2.18. The van der Waals surface area contributed by atoms with Gasteiger partial charge in [0.25, 0.3) is 11.5 Å². The first-order valence-electron chi connectivity index (χ1n) is 10.0. The van der Waals surface area contributed by atoms with E-state index in [2.05, 4.69) is 40.4 Å². The van der Waals surface area contributed by atoms with Gasteiger partial charge in [-0.25, -0.2) is 15.0 Å². The molecule has 0 atom stereocenters. The predicted molar refractivity (Wildman–Crippen MR) is 117 cm³/mol. The van der Waals surface area contributed by atoms with Gasteiger partial charge >= 0.3 is 0 Å². The molecule has 0 unspecified atom stereocenters. The fourth-order valence-corrected chi connectivity index (χ4v) is 3.45. The monoisotopic (exact) mass is 420 g/mol. The van der Waals surface area contributed by atoms with Crippen LogP contribution in [0.1, 0.15) is 16.1 Å². The molecule has 0 radical (unpaired) electrons. The lowest BCUT2D eigenvalue weighted by Crippen LogP contribution is -2.46. The van der Waals surface area contributed by atoms with Crippen LogP contribution >= 0.6 is 0 Å². The van der Waals surface area contributed by atoms with E-state index in [1.165, 1.54) is 12.3 Å². The van der Waals surface area contributed by atoms with Crippen molar-refractivity contribution in [2.45, 2.75) is 6.54 Å². The van der Waals surface area contributed by atoms with Crippen LogP contribution < -0.4 is 21.1 Å². The molecule has 160 valence electrons. The molecule has 3 aromatic heterocycles. The van der Waals surface area contributed by atoms with Gasteiger partial charge in [0.15, 0.2) is 0 Å². The van der Waals surface area contributed by atoms with Crippen molar-refractivity contribution < 1.29 is 4.79 Å². The minimum absolute atomic E-state index is 0.183. The summed E-state index contributed by atoms with van der Waals surface area (Å²) in [5.74, 6) is 0.812. The van der Waals surface area contributed by atoms with Crippen LogP contribution in [0, 0.1) is 0 Å². The van der Waals surface area contributed by atoms with E-state index in [9.17, 15) is 9.59 Å². The van der Waals surface area contributed by atoms with Gasteiger partial charge in [0.2, 0.25) is 5.95 Å². The fraction of sp³-hybridized carbons (Fsp3) is 0.286. The maximum Gasteiger partial charge on any atom is 0.269 e. The molecule has 3 aromatic rings. The Morgan fingerprint density at radius 3 is 2.58 bits per heavy atom. The summed E-state index contributed by atoms with van der Waals surface area (Å²) in [6, 6.07) is 9.00. The molecule has 0 aromatic carbocycles. The third-order valence-corrected chi connectivity index (χ3v) is 5.09. The van der Waals surface area contributed by atoms with E-state index < -0.39 is 0 Å². The van der Waals surface area contributed by atoms with Crippen LogP contribution in [0.15, 0.2) is 53.7 Å². The number of carbonyl (C=O) groups excluding carboxylic acids is 1. The third kappa shape index (κ3) is 5.23. The minimum Gasteiger partial charge on any atom is -0.368 e. The predicted octanol–water partition coefficient (Wildman–Crippen LogP) is 0.985. The highest BCUT2D eigenvalue weighted by atomic mass is 16.1. The number of piperazine rings is 1. The van der Waals surface area contributed by atoms with Crippen LogP contribution in [-0.2, 0) is 6.54 Å². The van der Waals surface area contributed by atoms with E-state index in [-0.39, 0.29) is 11.5 Å². The molecule has 1 saturated heterocycles. The smallest absolute Gasteiger partial charge is 0.269 e. The highest BCUT2D eigenvalue weighted by molar-refractivity contribution is 5.92. The fourth-order valence-electron chi connectivity index (χ4n) is 3.45. The van der Waals surface area contributed by atoms with E-state index in [4.69, 9.17) is 0 Å². The molecule has 4 rings (SSSR count). The van der Waals surface area contributed by atoms with Crippen LogP contribution in [0.4, 0.5) is 17.5 Å². The van der Waals surface area contributed by atoms with E-state index in [1.807, 2.05) is 18.2 Å². The highest BCUT2D eigenvalue weighted by Gasteiger charge is 2.18. The van der Waals surface area contributed by atoms with Gasteiger partial charge in [-0.1, -0.05) is 0 Å². The summed E-state index contributed by atoms with van der Waals surface area (Å²) in [4.78, 5) is 43.0. The lowest BCUT2D eigenvalue weighted by atomic mass is 10.2. The second-order valence-electron chi connectivity index (χ2n) is 7.20. The van der Waals surface area contributed by atoms with E-state index in [0.29, 0.717) is 17.5 Å². The van der Waals surface area contributed by atoms with Gasteiger partial charge < -0.3 is 15.5 Å². The van der Waals surface area contributed by atoms with Crippen molar-refractivity contribution in [2.75, 3.05) is 43.4 Å². The van der Waals surface area contributed by atoms with Crippen molar-refractivity contribution in [3.8, 4) is 0 Å². The number of H-pyrrole nitrogens is 1. The summed E-state index contributed by atoms with van der Waals surface area (Å²) in [7, 11) is 1.60. The van der Waals surface area contributed by atoms with Crippen molar-refractivity contribution in [3.05, 3.63) is 70.5 Å². The molecule has 0 saturated carbocycles. The largest absolute Gasteiger partial charge is 0.368 e. The lowest BCUT2D eigenvalue weighted by Gasteiger charge is -2.36. The summed E-state index contributed by atoms with van der Waals surface area (Å²) >= 11 is 0. The normalized spacial score (nSPS) is 14.3. The van der Waals surface area contributed by atoms with Crippen molar-refractivity contribution >= 4 is 23.4 Å². The van der Waals surface area contributed by atoms with Crippen LogP contribution in [0.25, 0.3) is 0 Å². The molecule has 0 spiro atoms. The average molecular weight is 420 g/mol. The molecule has 3 N–H and O–H groups in total. The second-order valence-corrected chi connectivity index (χ2v) is 7.20. The van der Waals surface area contributed by atoms with Crippen molar-refractivity contribution in [1.29, 1.82) is 0 Å². The minimum atomic E-state index is -0.218.